The Morgan fingerprint density at radius 3 is 2.12 bits per heavy atom. The summed E-state index contributed by atoms with van der Waals surface area (Å²) in [6.07, 6.45) is 11.3. The van der Waals surface area contributed by atoms with E-state index in [4.69, 9.17) is 18.9 Å². The van der Waals surface area contributed by atoms with E-state index < -0.39 is 5.09 Å². The van der Waals surface area contributed by atoms with E-state index >= 15 is 0 Å². The molecule has 0 saturated carbocycles. The molecule has 0 saturated heterocycles. The predicted octanol–water partition coefficient (Wildman–Crippen LogP) is 6.85. The smallest absolute Gasteiger partial charge is 0.294 e. The number of hydrogen-bond donors (Lipinski definition) is 0. The predicted molar refractivity (Wildman–Crippen MR) is 156 cm³/mol. The molecule has 2 heterocycles. The fourth-order valence-electron chi connectivity index (χ4n) is 5.30. The van der Waals surface area contributed by atoms with Gasteiger partial charge in [-0.05, 0) is 58.6 Å². The van der Waals surface area contributed by atoms with Crippen LogP contribution >= 0.6 is 15.9 Å². The molecule has 0 aliphatic carbocycles. The van der Waals surface area contributed by atoms with Crippen LogP contribution in [0.2, 0.25) is 0 Å². The summed E-state index contributed by atoms with van der Waals surface area (Å²) in [5.74, 6) is 2.95. The Bertz CT molecular complexity index is 1330. The number of rotatable bonds is 16. The molecule has 0 bridgehead atoms. The summed E-state index contributed by atoms with van der Waals surface area (Å²) in [6.45, 7) is 1.65. The fourth-order valence-corrected chi connectivity index (χ4v) is 6.09. The van der Waals surface area contributed by atoms with E-state index in [1.54, 1.807) is 21.3 Å². The van der Waals surface area contributed by atoms with E-state index in [1.165, 1.54) is 5.56 Å². The number of hydrogen-bond acceptors (Lipinski definition) is 7. The highest BCUT2D eigenvalue weighted by Gasteiger charge is 2.30. The number of halogens is 1. The molecule has 9 nitrogen and oxygen atoms in total. The van der Waals surface area contributed by atoms with Crippen molar-refractivity contribution in [3.05, 3.63) is 50.6 Å². The summed E-state index contributed by atoms with van der Waals surface area (Å²) < 4.78 is 26.5. The van der Waals surface area contributed by atoms with Crippen molar-refractivity contribution in [1.82, 2.24) is 0 Å². The van der Waals surface area contributed by atoms with E-state index in [9.17, 15) is 10.1 Å². The summed E-state index contributed by atoms with van der Waals surface area (Å²) in [4.78, 5) is 14.5. The molecule has 0 unspecified atom stereocenters. The topological polar surface area (TPSA) is 93.2 Å². The molecule has 0 fully saturated rings. The van der Waals surface area contributed by atoms with Gasteiger partial charge < -0.3 is 23.8 Å². The quantitative estimate of drug-likeness (QED) is 0.0751. The van der Waals surface area contributed by atoms with Crippen molar-refractivity contribution in [3.8, 4) is 34.3 Å². The number of unbranched alkanes of at least 4 members (excludes halogenated alkanes) is 7. The number of aromatic nitrogens is 1. The molecule has 1 aliphatic rings. The number of pyridine rings is 1. The van der Waals surface area contributed by atoms with Crippen molar-refractivity contribution in [2.24, 2.45) is 0 Å². The van der Waals surface area contributed by atoms with Crippen LogP contribution in [0.25, 0.3) is 22.0 Å². The van der Waals surface area contributed by atoms with Crippen LogP contribution in [0.1, 0.15) is 56.9 Å². The normalized spacial score (nSPS) is 12.0. The van der Waals surface area contributed by atoms with Crippen molar-refractivity contribution in [1.29, 1.82) is 0 Å². The molecule has 0 radical (unpaired) electrons. The van der Waals surface area contributed by atoms with Crippen LogP contribution in [0, 0.1) is 10.1 Å². The molecule has 216 valence electrons. The molecule has 0 N–H and O–H groups in total. The zero-order valence-corrected chi connectivity index (χ0v) is 25.1. The Hall–Kier alpha value is -3.27. The monoisotopic (exact) mass is 617 g/mol. The van der Waals surface area contributed by atoms with Crippen LogP contribution in [0.4, 0.5) is 0 Å². The van der Waals surface area contributed by atoms with Gasteiger partial charge in [-0.3, -0.25) is 0 Å². The highest BCUT2D eigenvalue weighted by Crippen LogP contribution is 2.44. The molecule has 0 atom stereocenters. The lowest BCUT2D eigenvalue weighted by molar-refractivity contribution is -0.757. The lowest BCUT2D eigenvalue weighted by Gasteiger charge is -2.20. The third-order valence-electron chi connectivity index (χ3n) is 7.36. The highest BCUT2D eigenvalue weighted by atomic mass is 79.9. The van der Waals surface area contributed by atoms with Crippen LogP contribution in [0.5, 0.6) is 23.0 Å². The molecule has 0 amide bonds. The van der Waals surface area contributed by atoms with Crippen LogP contribution in [0.15, 0.2) is 34.9 Å². The van der Waals surface area contributed by atoms with Gasteiger partial charge in [0.15, 0.2) is 35.7 Å². The van der Waals surface area contributed by atoms with Gasteiger partial charge >= 0.3 is 0 Å². The number of methoxy groups -OCH3 is 3. The molecule has 1 aromatic heterocycles. The molecule has 2 aromatic carbocycles. The first kappa shape index (κ1) is 29.7. The average Bonchev–Trinajstić information content (AvgIpc) is 2.96. The van der Waals surface area contributed by atoms with Crippen LogP contribution in [0.3, 0.4) is 0 Å². The Morgan fingerprint density at radius 1 is 0.850 bits per heavy atom. The number of ether oxygens (including phenoxy) is 4. The zero-order valence-electron chi connectivity index (χ0n) is 23.5. The SMILES string of the molecule is COc1cc2c(cc1OC)-c1c(Br)c3ccc(OC)c(OCCCCCCCCCCO[N+](=O)[O-])c3c[n+]1CC2. The van der Waals surface area contributed by atoms with Gasteiger partial charge in [-0.2, -0.15) is 4.57 Å². The van der Waals surface area contributed by atoms with E-state index in [-0.39, 0.29) is 6.61 Å². The second-order valence-electron chi connectivity index (χ2n) is 9.89. The molecule has 0 spiro atoms. The van der Waals surface area contributed by atoms with Crippen LogP contribution in [-0.2, 0) is 17.8 Å². The summed E-state index contributed by atoms with van der Waals surface area (Å²) in [5, 5.41) is 11.5. The third-order valence-corrected chi connectivity index (χ3v) is 8.17. The van der Waals surface area contributed by atoms with E-state index in [1.807, 2.05) is 6.07 Å². The largest absolute Gasteiger partial charge is 0.493 e. The Balaban J connectivity index is 1.41. The maximum atomic E-state index is 10.2. The van der Waals surface area contributed by atoms with Crippen LogP contribution in [-0.4, -0.2) is 39.6 Å². The van der Waals surface area contributed by atoms with Crippen LogP contribution < -0.4 is 23.5 Å². The summed E-state index contributed by atoms with van der Waals surface area (Å²) in [7, 11) is 5.00. The highest BCUT2D eigenvalue weighted by molar-refractivity contribution is 9.10. The summed E-state index contributed by atoms with van der Waals surface area (Å²) in [6, 6.07) is 8.17. The Kier molecular flexibility index (Phi) is 10.7. The van der Waals surface area contributed by atoms with Gasteiger partial charge in [-0.15, -0.1) is 10.1 Å². The molecule has 10 heteroatoms. The molecular formula is C30H38BrN2O7+. The molecule has 40 heavy (non-hydrogen) atoms. The lowest BCUT2D eigenvalue weighted by atomic mass is 9.95. The second-order valence-corrected chi connectivity index (χ2v) is 10.7. The molecular weight excluding hydrogens is 580 g/mol. The lowest BCUT2D eigenvalue weighted by Crippen LogP contribution is -2.40. The number of nitrogens with zero attached hydrogens (tertiary/aromatic N) is 2. The van der Waals surface area contributed by atoms with Gasteiger partial charge in [0.25, 0.3) is 5.09 Å². The average molecular weight is 619 g/mol. The zero-order chi connectivity index (χ0) is 28.5. The van der Waals surface area contributed by atoms with Gasteiger partial charge in [0.2, 0.25) is 5.69 Å². The standard InChI is InChI=1S/C30H38BrN2O7/c1-36-25-13-12-22-24(30(25)39-16-10-8-6-4-5-7-9-11-17-40-33(34)35)20-32-15-14-21-18-26(37-2)27(38-3)19-23(21)29(32)28(22)31/h12-13,18-20H,4-11,14-17H2,1-3H3/q+1. The van der Waals surface area contributed by atoms with Crippen molar-refractivity contribution >= 4 is 26.7 Å². The first-order valence-corrected chi connectivity index (χ1v) is 14.7. The molecule has 1 aliphatic heterocycles. The fraction of sp³-hybridized carbons (Fsp3) is 0.500. The Labute approximate surface area is 243 Å². The van der Waals surface area contributed by atoms with E-state index in [2.05, 4.69) is 49.7 Å². The van der Waals surface area contributed by atoms with Crippen molar-refractivity contribution in [2.45, 2.75) is 64.3 Å². The van der Waals surface area contributed by atoms with E-state index in [0.717, 1.165) is 108 Å². The first-order valence-electron chi connectivity index (χ1n) is 13.9. The van der Waals surface area contributed by atoms with Gasteiger partial charge in [0.1, 0.15) is 0 Å². The van der Waals surface area contributed by atoms with Gasteiger partial charge in [0.05, 0.1) is 50.0 Å². The maximum absolute atomic E-state index is 10.2. The summed E-state index contributed by atoms with van der Waals surface area (Å²) in [5.41, 5.74) is 3.46. The van der Waals surface area contributed by atoms with Gasteiger partial charge in [0, 0.05) is 11.8 Å². The minimum Gasteiger partial charge on any atom is -0.493 e. The Morgan fingerprint density at radius 2 is 1.48 bits per heavy atom. The second kappa shape index (κ2) is 14.4. The van der Waals surface area contributed by atoms with Crippen molar-refractivity contribution in [3.63, 3.8) is 0 Å². The third kappa shape index (κ3) is 6.89. The minimum atomic E-state index is -0.726. The van der Waals surface area contributed by atoms with Crippen molar-refractivity contribution < 1.29 is 33.4 Å². The van der Waals surface area contributed by atoms with Crippen molar-refractivity contribution in [2.75, 3.05) is 34.5 Å². The van der Waals surface area contributed by atoms with Gasteiger partial charge in [-0.1, -0.05) is 38.5 Å². The number of benzene rings is 2. The maximum Gasteiger partial charge on any atom is 0.294 e. The van der Waals surface area contributed by atoms with Gasteiger partial charge in [-0.25, -0.2) is 0 Å². The molecule has 4 rings (SSSR count). The summed E-state index contributed by atoms with van der Waals surface area (Å²) >= 11 is 3.92. The minimum absolute atomic E-state index is 0.192. The molecule has 3 aromatic rings. The van der Waals surface area contributed by atoms with E-state index in [0.29, 0.717) is 12.4 Å². The number of fused-ring (bicyclic) bond motifs is 4. The first-order chi connectivity index (χ1) is 19.5. The number of aryl methyl sites for hydroxylation is 2.